The van der Waals surface area contributed by atoms with Gasteiger partial charge in [-0.15, -0.1) is 0 Å². The number of nitrogens with zero attached hydrogens (tertiary/aromatic N) is 3. The molecular weight excluding hydrogens is 316 g/mol. The zero-order valence-corrected chi connectivity index (χ0v) is 13.9. The molecule has 1 aromatic carbocycles. The molecule has 1 fully saturated rings. The van der Waals surface area contributed by atoms with E-state index in [1.807, 2.05) is 24.4 Å². The third kappa shape index (κ3) is 3.34. The summed E-state index contributed by atoms with van der Waals surface area (Å²) in [6.07, 6.45) is 3.45. The molecule has 2 aromatic heterocycles. The van der Waals surface area contributed by atoms with E-state index in [0.29, 0.717) is 12.2 Å². The van der Waals surface area contributed by atoms with Crippen LogP contribution in [0.15, 0.2) is 54.9 Å². The van der Waals surface area contributed by atoms with Crippen LogP contribution in [0.1, 0.15) is 16.1 Å². The monoisotopic (exact) mass is 336 g/mol. The largest absolute Gasteiger partial charge is 0.378 e. The van der Waals surface area contributed by atoms with Crippen LogP contribution in [0.2, 0.25) is 0 Å². The van der Waals surface area contributed by atoms with Gasteiger partial charge in [0.05, 0.1) is 19.4 Å². The van der Waals surface area contributed by atoms with E-state index in [2.05, 4.69) is 39.5 Å². The summed E-state index contributed by atoms with van der Waals surface area (Å²) in [6, 6.07) is 14.0. The molecule has 6 heteroatoms. The van der Waals surface area contributed by atoms with Gasteiger partial charge in [0.1, 0.15) is 11.3 Å². The SMILES string of the molecule is O=C(NCc1ccc(N2CCOCC2)cc1)c1cnc2ccccn12. The molecule has 1 aliphatic rings. The van der Waals surface area contributed by atoms with Crippen LogP contribution in [0.3, 0.4) is 0 Å². The molecule has 3 aromatic rings. The van der Waals surface area contributed by atoms with Gasteiger partial charge < -0.3 is 15.0 Å². The third-order valence-corrected chi connectivity index (χ3v) is 4.42. The summed E-state index contributed by atoms with van der Waals surface area (Å²) in [4.78, 5) is 19.0. The van der Waals surface area contributed by atoms with E-state index < -0.39 is 0 Å². The number of anilines is 1. The van der Waals surface area contributed by atoms with E-state index in [9.17, 15) is 4.79 Å². The molecule has 25 heavy (non-hydrogen) atoms. The minimum atomic E-state index is -0.129. The number of fused-ring (bicyclic) bond motifs is 1. The van der Waals surface area contributed by atoms with Crippen LogP contribution in [0, 0.1) is 0 Å². The Labute approximate surface area is 146 Å². The Morgan fingerprint density at radius 2 is 1.92 bits per heavy atom. The number of carbonyl (C=O) groups excluding carboxylic acids is 1. The zero-order valence-electron chi connectivity index (χ0n) is 13.9. The van der Waals surface area contributed by atoms with Crippen molar-refractivity contribution in [3.8, 4) is 0 Å². The Balaban J connectivity index is 1.40. The summed E-state index contributed by atoms with van der Waals surface area (Å²) in [5.41, 5.74) is 3.57. The number of ether oxygens (including phenoxy) is 1. The molecule has 0 unspecified atom stereocenters. The lowest BCUT2D eigenvalue weighted by molar-refractivity contribution is 0.0945. The highest BCUT2D eigenvalue weighted by molar-refractivity contribution is 5.93. The Morgan fingerprint density at radius 3 is 2.72 bits per heavy atom. The summed E-state index contributed by atoms with van der Waals surface area (Å²) in [6.45, 7) is 3.88. The Morgan fingerprint density at radius 1 is 1.12 bits per heavy atom. The van der Waals surface area contributed by atoms with E-state index in [1.54, 1.807) is 10.6 Å². The summed E-state index contributed by atoms with van der Waals surface area (Å²) in [5, 5.41) is 2.96. The summed E-state index contributed by atoms with van der Waals surface area (Å²) < 4.78 is 7.17. The number of nitrogens with one attached hydrogen (secondary N) is 1. The van der Waals surface area contributed by atoms with Crippen molar-refractivity contribution < 1.29 is 9.53 Å². The number of amides is 1. The molecule has 0 aliphatic carbocycles. The third-order valence-electron chi connectivity index (χ3n) is 4.42. The molecular formula is C19H20N4O2. The van der Waals surface area contributed by atoms with Crippen molar-refractivity contribution in [2.24, 2.45) is 0 Å². The second-order valence-electron chi connectivity index (χ2n) is 6.02. The van der Waals surface area contributed by atoms with Crippen molar-refractivity contribution in [3.63, 3.8) is 0 Å². The van der Waals surface area contributed by atoms with Crippen LogP contribution in [0.4, 0.5) is 5.69 Å². The Kier molecular flexibility index (Phi) is 4.35. The van der Waals surface area contributed by atoms with Crippen LogP contribution in [0.5, 0.6) is 0 Å². The van der Waals surface area contributed by atoms with Gasteiger partial charge in [-0.3, -0.25) is 9.20 Å². The molecule has 0 radical (unpaired) electrons. The van der Waals surface area contributed by atoms with E-state index in [4.69, 9.17) is 4.74 Å². The lowest BCUT2D eigenvalue weighted by Crippen LogP contribution is -2.36. The highest BCUT2D eigenvalue weighted by Crippen LogP contribution is 2.16. The maximum absolute atomic E-state index is 12.4. The molecule has 0 spiro atoms. The van der Waals surface area contributed by atoms with Gasteiger partial charge in [0.15, 0.2) is 0 Å². The highest BCUT2D eigenvalue weighted by Gasteiger charge is 2.12. The van der Waals surface area contributed by atoms with Crippen LogP contribution < -0.4 is 10.2 Å². The standard InChI is InChI=1S/C19H20N4O2/c24-19(17-14-20-18-3-1-2-8-23(17)18)21-13-15-4-6-16(7-5-15)22-9-11-25-12-10-22/h1-8,14H,9-13H2,(H,21,24). The first kappa shape index (κ1) is 15.7. The average Bonchev–Trinajstić information content (AvgIpc) is 3.11. The van der Waals surface area contributed by atoms with E-state index >= 15 is 0 Å². The van der Waals surface area contributed by atoms with Crippen molar-refractivity contribution in [1.29, 1.82) is 0 Å². The predicted molar refractivity (Wildman–Crippen MR) is 95.8 cm³/mol. The fraction of sp³-hybridized carbons (Fsp3) is 0.263. The summed E-state index contributed by atoms with van der Waals surface area (Å²) in [7, 11) is 0. The van der Waals surface area contributed by atoms with Gasteiger partial charge in [-0.1, -0.05) is 18.2 Å². The van der Waals surface area contributed by atoms with Crippen LogP contribution in [-0.2, 0) is 11.3 Å². The number of rotatable bonds is 4. The molecule has 0 bridgehead atoms. The minimum absolute atomic E-state index is 0.129. The van der Waals surface area contributed by atoms with Gasteiger partial charge in [-0.2, -0.15) is 0 Å². The van der Waals surface area contributed by atoms with Crippen molar-refractivity contribution >= 4 is 17.2 Å². The van der Waals surface area contributed by atoms with Gasteiger partial charge in [-0.05, 0) is 29.8 Å². The maximum Gasteiger partial charge on any atom is 0.270 e. The van der Waals surface area contributed by atoms with Crippen molar-refractivity contribution in [2.45, 2.75) is 6.54 Å². The summed E-state index contributed by atoms with van der Waals surface area (Å²) >= 11 is 0. The van der Waals surface area contributed by atoms with Crippen molar-refractivity contribution in [3.05, 3.63) is 66.1 Å². The molecule has 0 saturated carbocycles. The number of benzene rings is 1. The van der Waals surface area contributed by atoms with Crippen LogP contribution in [0.25, 0.3) is 5.65 Å². The first-order valence-corrected chi connectivity index (χ1v) is 8.43. The molecule has 1 saturated heterocycles. The number of hydrogen-bond acceptors (Lipinski definition) is 4. The Bertz CT molecular complexity index is 867. The second kappa shape index (κ2) is 6.94. The normalized spacial score (nSPS) is 14.6. The number of pyridine rings is 1. The van der Waals surface area contributed by atoms with E-state index in [0.717, 1.165) is 37.5 Å². The second-order valence-corrected chi connectivity index (χ2v) is 6.02. The van der Waals surface area contributed by atoms with Crippen molar-refractivity contribution in [2.75, 3.05) is 31.2 Å². The van der Waals surface area contributed by atoms with Crippen molar-refractivity contribution in [1.82, 2.24) is 14.7 Å². The maximum atomic E-state index is 12.4. The zero-order chi connectivity index (χ0) is 17.1. The molecule has 1 aliphatic heterocycles. The number of carbonyl (C=O) groups is 1. The average molecular weight is 336 g/mol. The van der Waals surface area contributed by atoms with Gasteiger partial charge in [0, 0.05) is 31.5 Å². The number of aromatic nitrogens is 2. The van der Waals surface area contributed by atoms with Gasteiger partial charge in [-0.25, -0.2) is 4.98 Å². The smallest absolute Gasteiger partial charge is 0.270 e. The number of morpholine rings is 1. The molecule has 128 valence electrons. The molecule has 1 amide bonds. The molecule has 1 N–H and O–H groups in total. The summed E-state index contributed by atoms with van der Waals surface area (Å²) in [5.74, 6) is -0.129. The van der Waals surface area contributed by atoms with Crippen LogP contribution in [-0.4, -0.2) is 41.6 Å². The first-order chi connectivity index (χ1) is 12.3. The van der Waals surface area contributed by atoms with E-state index in [-0.39, 0.29) is 5.91 Å². The quantitative estimate of drug-likeness (QED) is 0.793. The molecule has 4 rings (SSSR count). The predicted octanol–water partition coefficient (Wildman–Crippen LogP) is 2.10. The van der Waals surface area contributed by atoms with Gasteiger partial charge in [0.2, 0.25) is 0 Å². The topological polar surface area (TPSA) is 58.9 Å². The number of imidazole rings is 1. The van der Waals surface area contributed by atoms with Gasteiger partial charge in [0.25, 0.3) is 5.91 Å². The Hall–Kier alpha value is -2.86. The minimum Gasteiger partial charge on any atom is -0.378 e. The fourth-order valence-electron chi connectivity index (χ4n) is 3.02. The molecule has 0 atom stereocenters. The first-order valence-electron chi connectivity index (χ1n) is 8.43. The molecule has 6 nitrogen and oxygen atoms in total. The highest BCUT2D eigenvalue weighted by atomic mass is 16.5. The fourth-order valence-corrected chi connectivity index (χ4v) is 3.02. The lowest BCUT2D eigenvalue weighted by atomic mass is 10.2. The van der Waals surface area contributed by atoms with Crippen LogP contribution >= 0.6 is 0 Å². The van der Waals surface area contributed by atoms with Gasteiger partial charge >= 0.3 is 0 Å². The lowest BCUT2D eigenvalue weighted by Gasteiger charge is -2.28. The number of hydrogen-bond donors (Lipinski definition) is 1. The van der Waals surface area contributed by atoms with E-state index in [1.165, 1.54) is 5.69 Å². The molecule has 3 heterocycles.